The van der Waals surface area contributed by atoms with E-state index in [-0.39, 0.29) is 0 Å². The number of hydrogen-bond acceptors (Lipinski definition) is 1. The minimum absolute atomic E-state index is 0.510. The van der Waals surface area contributed by atoms with Gasteiger partial charge in [-0.05, 0) is 11.6 Å². The zero-order chi connectivity index (χ0) is 6.97. The molecule has 50 valence electrons. The summed E-state index contributed by atoms with van der Waals surface area (Å²) in [5.74, 6) is 0.510. The monoisotopic (exact) mass is 131 g/mol. The molecule has 10 heavy (non-hydrogen) atoms. The van der Waals surface area contributed by atoms with Crippen molar-refractivity contribution in [2.75, 3.05) is 0 Å². The van der Waals surface area contributed by atoms with Crippen molar-refractivity contribution < 1.29 is 0 Å². The highest BCUT2D eigenvalue weighted by Crippen LogP contribution is 2.30. The second-order valence-electron chi connectivity index (χ2n) is 2.63. The third-order valence-electron chi connectivity index (χ3n) is 1.86. The molecule has 1 aliphatic rings. The van der Waals surface area contributed by atoms with Crippen molar-refractivity contribution in [1.82, 2.24) is 0 Å². The topological polar surface area (TPSA) is 12.4 Å². The van der Waals surface area contributed by atoms with E-state index >= 15 is 0 Å². The molecule has 0 N–H and O–H groups in total. The smallest absolute Gasteiger partial charge is 0.0664 e. The van der Waals surface area contributed by atoms with Gasteiger partial charge in [-0.25, -0.2) is 0 Å². The van der Waals surface area contributed by atoms with E-state index in [0.29, 0.717) is 5.92 Å². The van der Waals surface area contributed by atoms with Crippen LogP contribution in [0.5, 0.6) is 0 Å². The van der Waals surface area contributed by atoms with E-state index in [0.717, 1.165) is 5.69 Å². The summed E-state index contributed by atoms with van der Waals surface area (Å²) in [5.41, 5.74) is 2.48. The molecule has 1 aromatic rings. The van der Waals surface area contributed by atoms with E-state index in [1.807, 2.05) is 12.3 Å². The summed E-state index contributed by atoms with van der Waals surface area (Å²) in [7, 11) is 0. The van der Waals surface area contributed by atoms with Crippen LogP contribution in [0.15, 0.2) is 29.3 Å². The van der Waals surface area contributed by atoms with Gasteiger partial charge in [0, 0.05) is 12.1 Å². The Bertz CT molecular complexity index is 276. The molecule has 0 aromatic heterocycles. The van der Waals surface area contributed by atoms with Gasteiger partial charge in [-0.1, -0.05) is 25.1 Å². The Balaban J connectivity index is 2.59. The van der Waals surface area contributed by atoms with E-state index in [1.54, 1.807) is 0 Å². The first-order valence-corrected chi connectivity index (χ1v) is 3.51. The Morgan fingerprint density at radius 3 is 2.90 bits per heavy atom. The van der Waals surface area contributed by atoms with Gasteiger partial charge in [0.25, 0.3) is 0 Å². The molecule has 1 nitrogen and oxygen atoms in total. The fraction of sp³-hybridized carbons (Fsp3) is 0.222. The van der Waals surface area contributed by atoms with Crippen LogP contribution in [-0.2, 0) is 0 Å². The summed E-state index contributed by atoms with van der Waals surface area (Å²) < 4.78 is 0. The van der Waals surface area contributed by atoms with Gasteiger partial charge in [0.05, 0.1) is 5.69 Å². The molecule has 1 aliphatic heterocycles. The van der Waals surface area contributed by atoms with E-state index < -0.39 is 0 Å². The molecule has 0 bridgehead atoms. The van der Waals surface area contributed by atoms with Crippen molar-refractivity contribution >= 4 is 11.9 Å². The summed E-state index contributed by atoms with van der Waals surface area (Å²) in [6.45, 7) is 2.16. The minimum atomic E-state index is 0.510. The molecule has 1 heteroatoms. The number of para-hydroxylation sites is 1. The van der Waals surface area contributed by atoms with Gasteiger partial charge in [-0.2, -0.15) is 0 Å². The fourth-order valence-corrected chi connectivity index (χ4v) is 1.26. The van der Waals surface area contributed by atoms with Gasteiger partial charge < -0.3 is 0 Å². The maximum absolute atomic E-state index is 4.26. The SMILES string of the molecule is C[C@@H]1C=Nc2ccccc21. The van der Waals surface area contributed by atoms with Gasteiger partial charge in [-0.3, -0.25) is 4.99 Å². The molecule has 1 atom stereocenters. The zero-order valence-corrected chi connectivity index (χ0v) is 5.91. The van der Waals surface area contributed by atoms with Crippen molar-refractivity contribution in [1.29, 1.82) is 0 Å². The number of aliphatic imine (C=N–C) groups is 1. The number of fused-ring (bicyclic) bond motifs is 1. The average molecular weight is 131 g/mol. The third-order valence-corrected chi connectivity index (χ3v) is 1.86. The molecule has 0 saturated heterocycles. The minimum Gasteiger partial charge on any atom is -0.260 e. The van der Waals surface area contributed by atoms with Crippen LogP contribution in [0, 0.1) is 0 Å². The van der Waals surface area contributed by atoms with Crippen LogP contribution < -0.4 is 0 Å². The number of rotatable bonds is 0. The lowest BCUT2D eigenvalue weighted by Gasteiger charge is -1.99. The average Bonchev–Trinajstić information content (AvgIpc) is 2.34. The standard InChI is InChI=1S/C9H9N/c1-7-6-10-9-5-3-2-4-8(7)9/h2-7H,1H3/t7-/m1/s1. The zero-order valence-electron chi connectivity index (χ0n) is 5.91. The molecular formula is C9H9N. The van der Waals surface area contributed by atoms with Crippen molar-refractivity contribution in [3.63, 3.8) is 0 Å². The molecule has 0 spiro atoms. The summed E-state index contributed by atoms with van der Waals surface area (Å²) >= 11 is 0. The highest BCUT2D eigenvalue weighted by Gasteiger charge is 2.11. The van der Waals surface area contributed by atoms with Crippen LogP contribution in [0.4, 0.5) is 5.69 Å². The van der Waals surface area contributed by atoms with Crippen LogP contribution >= 0.6 is 0 Å². The number of hydrogen-bond donors (Lipinski definition) is 0. The summed E-state index contributed by atoms with van der Waals surface area (Å²) in [6, 6.07) is 8.26. The normalized spacial score (nSPS) is 21.1. The predicted molar refractivity (Wildman–Crippen MR) is 43.0 cm³/mol. The van der Waals surface area contributed by atoms with Gasteiger partial charge in [0.2, 0.25) is 0 Å². The molecule has 0 radical (unpaired) electrons. The Morgan fingerprint density at radius 1 is 1.30 bits per heavy atom. The first-order chi connectivity index (χ1) is 4.88. The van der Waals surface area contributed by atoms with Gasteiger partial charge in [0.1, 0.15) is 0 Å². The van der Waals surface area contributed by atoms with E-state index in [9.17, 15) is 0 Å². The maximum Gasteiger partial charge on any atom is 0.0664 e. The largest absolute Gasteiger partial charge is 0.260 e. The second kappa shape index (κ2) is 1.94. The van der Waals surface area contributed by atoms with Crippen molar-refractivity contribution in [3.05, 3.63) is 29.8 Å². The Labute approximate surface area is 60.4 Å². The maximum atomic E-state index is 4.26. The number of benzene rings is 1. The van der Waals surface area contributed by atoms with Crippen molar-refractivity contribution in [3.8, 4) is 0 Å². The quantitative estimate of drug-likeness (QED) is 0.513. The highest BCUT2D eigenvalue weighted by molar-refractivity contribution is 5.79. The molecule has 1 heterocycles. The van der Waals surface area contributed by atoms with Crippen LogP contribution in [0.1, 0.15) is 18.4 Å². The van der Waals surface area contributed by atoms with Crippen LogP contribution in [-0.4, -0.2) is 6.21 Å². The fourth-order valence-electron chi connectivity index (χ4n) is 1.26. The first kappa shape index (κ1) is 5.66. The molecular weight excluding hydrogens is 122 g/mol. The molecule has 2 rings (SSSR count). The van der Waals surface area contributed by atoms with Gasteiger partial charge in [0.15, 0.2) is 0 Å². The molecule has 0 unspecified atom stereocenters. The van der Waals surface area contributed by atoms with Gasteiger partial charge >= 0.3 is 0 Å². The van der Waals surface area contributed by atoms with Crippen LogP contribution in [0.3, 0.4) is 0 Å². The summed E-state index contributed by atoms with van der Waals surface area (Å²) in [5, 5.41) is 0. The first-order valence-electron chi connectivity index (χ1n) is 3.51. The lowest BCUT2D eigenvalue weighted by molar-refractivity contribution is 1.08. The lowest BCUT2D eigenvalue weighted by Crippen LogP contribution is -1.86. The molecule has 0 saturated carbocycles. The molecule has 1 aromatic carbocycles. The van der Waals surface area contributed by atoms with Crippen LogP contribution in [0.25, 0.3) is 0 Å². The molecule has 0 amide bonds. The van der Waals surface area contributed by atoms with Gasteiger partial charge in [-0.15, -0.1) is 0 Å². The van der Waals surface area contributed by atoms with E-state index in [4.69, 9.17) is 0 Å². The predicted octanol–water partition coefficient (Wildman–Crippen LogP) is 2.51. The molecule has 0 fully saturated rings. The van der Waals surface area contributed by atoms with Crippen molar-refractivity contribution in [2.24, 2.45) is 4.99 Å². The third kappa shape index (κ3) is 0.670. The summed E-state index contributed by atoms with van der Waals surface area (Å²) in [4.78, 5) is 4.26. The van der Waals surface area contributed by atoms with Crippen LogP contribution in [0.2, 0.25) is 0 Å². The Hall–Kier alpha value is -1.11. The Kier molecular flexibility index (Phi) is 1.10. The second-order valence-corrected chi connectivity index (χ2v) is 2.63. The van der Waals surface area contributed by atoms with E-state index in [2.05, 4.69) is 30.1 Å². The molecule has 0 aliphatic carbocycles. The number of nitrogens with zero attached hydrogens (tertiary/aromatic N) is 1. The summed E-state index contributed by atoms with van der Waals surface area (Å²) in [6.07, 6.45) is 1.99. The van der Waals surface area contributed by atoms with Crippen molar-refractivity contribution in [2.45, 2.75) is 12.8 Å². The lowest BCUT2D eigenvalue weighted by atomic mass is 10.0. The highest BCUT2D eigenvalue weighted by atomic mass is 14.8. The Morgan fingerprint density at radius 2 is 2.10 bits per heavy atom. The van der Waals surface area contributed by atoms with E-state index in [1.165, 1.54) is 5.56 Å².